The molecule has 1 aliphatic heterocycles. The summed E-state index contributed by atoms with van der Waals surface area (Å²) in [5, 5.41) is 1.72. The Morgan fingerprint density at radius 3 is 2.31 bits per heavy atom. The number of piperazine rings is 1. The van der Waals surface area contributed by atoms with Crippen molar-refractivity contribution < 1.29 is 14.4 Å². The van der Waals surface area contributed by atoms with Crippen molar-refractivity contribution in [2.75, 3.05) is 24.5 Å². The molecule has 1 amide bonds. The molecule has 0 aromatic heterocycles. The fourth-order valence-corrected chi connectivity index (χ4v) is 4.99. The molecular formula is C27H23Cl3N2O3. The topological polar surface area (TPSA) is 57.7 Å². The molecule has 1 saturated heterocycles. The molecule has 0 N–H and O–H groups in total. The van der Waals surface area contributed by atoms with Crippen LogP contribution in [-0.2, 0) is 4.79 Å². The molecule has 180 valence electrons. The number of hydrogen-bond acceptors (Lipinski definition) is 4. The number of benzene rings is 3. The summed E-state index contributed by atoms with van der Waals surface area (Å²) in [5.74, 6) is -0.329. The summed E-state index contributed by atoms with van der Waals surface area (Å²) in [6, 6.07) is 19.4. The predicted octanol–water partition coefficient (Wildman–Crippen LogP) is 6.51. The number of aldehydes is 1. The van der Waals surface area contributed by atoms with Crippen molar-refractivity contribution in [3.8, 4) is 0 Å². The van der Waals surface area contributed by atoms with Gasteiger partial charge in [-0.3, -0.25) is 14.4 Å². The van der Waals surface area contributed by atoms with Gasteiger partial charge in [0.05, 0.1) is 16.8 Å². The van der Waals surface area contributed by atoms with Crippen LogP contribution in [0.5, 0.6) is 0 Å². The lowest BCUT2D eigenvalue weighted by Crippen LogP contribution is -2.50. The van der Waals surface area contributed by atoms with E-state index in [1.807, 2.05) is 30.3 Å². The number of carbonyl (C=O) groups excluding carboxylic acids is 3. The maximum absolute atomic E-state index is 13.1. The highest BCUT2D eigenvalue weighted by atomic mass is 35.5. The molecule has 3 aromatic carbocycles. The average molecular weight is 530 g/mol. The lowest BCUT2D eigenvalue weighted by Gasteiger charge is -2.43. The summed E-state index contributed by atoms with van der Waals surface area (Å²) in [5.41, 5.74) is 2.51. The van der Waals surface area contributed by atoms with Gasteiger partial charge in [-0.15, -0.1) is 0 Å². The molecule has 5 nitrogen and oxygen atoms in total. The van der Waals surface area contributed by atoms with Crippen molar-refractivity contribution in [3.63, 3.8) is 0 Å². The van der Waals surface area contributed by atoms with Gasteiger partial charge in [-0.25, -0.2) is 0 Å². The third-order valence-electron chi connectivity index (χ3n) is 6.16. The molecule has 0 bridgehead atoms. The van der Waals surface area contributed by atoms with E-state index in [2.05, 4.69) is 4.90 Å². The van der Waals surface area contributed by atoms with E-state index in [0.717, 1.165) is 11.3 Å². The smallest absolute Gasteiger partial charge is 0.223 e. The van der Waals surface area contributed by atoms with Crippen molar-refractivity contribution >= 4 is 58.5 Å². The number of amides is 1. The van der Waals surface area contributed by atoms with Crippen LogP contribution in [-0.4, -0.2) is 42.5 Å². The SMILES string of the molecule is O=Cc1ccccc1C(=O)CCC(=O)N1CCN(c2ccc(Cl)cc2Cl)C(c2ccc(Cl)cc2)C1. The first-order valence-electron chi connectivity index (χ1n) is 11.2. The number of carbonyl (C=O) groups is 3. The van der Waals surface area contributed by atoms with E-state index in [-0.39, 0.29) is 30.6 Å². The number of ketones is 1. The van der Waals surface area contributed by atoms with Crippen LogP contribution < -0.4 is 4.90 Å². The molecule has 4 rings (SSSR count). The number of rotatable bonds is 7. The van der Waals surface area contributed by atoms with E-state index in [1.165, 1.54) is 0 Å². The first-order chi connectivity index (χ1) is 16.9. The first kappa shape index (κ1) is 25.2. The second-order valence-electron chi connectivity index (χ2n) is 8.32. The lowest BCUT2D eigenvalue weighted by molar-refractivity contribution is -0.132. The fraction of sp³-hybridized carbons (Fsp3) is 0.222. The summed E-state index contributed by atoms with van der Waals surface area (Å²) in [4.78, 5) is 40.9. The Labute approximate surface area is 219 Å². The number of anilines is 1. The summed E-state index contributed by atoms with van der Waals surface area (Å²) in [6.07, 6.45) is 0.770. The van der Waals surface area contributed by atoms with Gasteiger partial charge in [0.15, 0.2) is 12.1 Å². The van der Waals surface area contributed by atoms with E-state index >= 15 is 0 Å². The van der Waals surface area contributed by atoms with Crippen LogP contribution in [0.4, 0.5) is 5.69 Å². The van der Waals surface area contributed by atoms with Crippen LogP contribution in [0.2, 0.25) is 15.1 Å². The van der Waals surface area contributed by atoms with E-state index in [4.69, 9.17) is 34.8 Å². The van der Waals surface area contributed by atoms with Crippen LogP contribution in [0.1, 0.15) is 45.2 Å². The van der Waals surface area contributed by atoms with E-state index in [0.29, 0.717) is 52.1 Å². The fourth-order valence-electron chi connectivity index (χ4n) is 4.35. The average Bonchev–Trinajstić information content (AvgIpc) is 2.87. The second kappa shape index (κ2) is 11.3. The van der Waals surface area contributed by atoms with Crippen LogP contribution in [0.25, 0.3) is 0 Å². The molecule has 8 heteroatoms. The molecule has 1 aliphatic rings. The predicted molar refractivity (Wildman–Crippen MR) is 140 cm³/mol. The standard InChI is InChI=1S/C27H23Cl3N2O3/c28-20-7-5-18(6-8-20)25-16-31(13-14-32(25)24-10-9-21(29)15-23(24)30)27(35)12-11-26(34)22-4-2-1-3-19(22)17-33/h1-10,15,17,25H,11-14,16H2. The highest BCUT2D eigenvalue weighted by Crippen LogP contribution is 2.37. The third-order valence-corrected chi connectivity index (χ3v) is 6.95. The van der Waals surface area contributed by atoms with E-state index in [1.54, 1.807) is 41.3 Å². The number of hydrogen-bond donors (Lipinski definition) is 0. The van der Waals surface area contributed by atoms with Gasteiger partial charge in [-0.05, 0) is 35.9 Å². The Morgan fingerprint density at radius 1 is 0.886 bits per heavy atom. The van der Waals surface area contributed by atoms with Crippen molar-refractivity contribution in [2.45, 2.75) is 18.9 Å². The normalized spacial score (nSPS) is 15.7. The zero-order valence-corrected chi connectivity index (χ0v) is 21.1. The molecule has 0 saturated carbocycles. The summed E-state index contributed by atoms with van der Waals surface area (Å²) < 4.78 is 0. The number of Topliss-reactive ketones (excluding diaryl/α,β-unsaturated/α-hetero) is 1. The van der Waals surface area contributed by atoms with Crippen molar-refractivity contribution in [1.29, 1.82) is 0 Å². The minimum atomic E-state index is -0.220. The summed E-state index contributed by atoms with van der Waals surface area (Å²) in [7, 11) is 0. The van der Waals surface area contributed by atoms with Crippen molar-refractivity contribution in [2.24, 2.45) is 0 Å². The Balaban J connectivity index is 1.51. The largest absolute Gasteiger partial charge is 0.360 e. The third kappa shape index (κ3) is 5.87. The molecule has 1 atom stereocenters. The van der Waals surface area contributed by atoms with Gasteiger partial charge < -0.3 is 9.80 Å². The highest BCUT2D eigenvalue weighted by molar-refractivity contribution is 6.36. The van der Waals surface area contributed by atoms with Gasteiger partial charge in [0.1, 0.15) is 0 Å². The van der Waals surface area contributed by atoms with E-state index < -0.39 is 0 Å². The molecule has 3 aromatic rings. The Hall–Kier alpha value is -2.86. The van der Waals surface area contributed by atoms with Gasteiger partial charge in [0.25, 0.3) is 0 Å². The molecule has 0 aliphatic carbocycles. The molecule has 1 unspecified atom stereocenters. The first-order valence-corrected chi connectivity index (χ1v) is 12.3. The minimum absolute atomic E-state index is 0.0402. The number of halogens is 3. The molecule has 1 fully saturated rings. The highest BCUT2D eigenvalue weighted by Gasteiger charge is 2.32. The van der Waals surface area contributed by atoms with Gasteiger partial charge >= 0.3 is 0 Å². The molecule has 0 spiro atoms. The van der Waals surface area contributed by atoms with Crippen LogP contribution >= 0.6 is 34.8 Å². The zero-order chi connectivity index (χ0) is 24.9. The number of nitrogens with zero attached hydrogens (tertiary/aromatic N) is 2. The maximum atomic E-state index is 13.1. The Bertz CT molecular complexity index is 1250. The van der Waals surface area contributed by atoms with Crippen LogP contribution in [0.15, 0.2) is 66.7 Å². The van der Waals surface area contributed by atoms with Gasteiger partial charge in [-0.2, -0.15) is 0 Å². The maximum Gasteiger partial charge on any atom is 0.223 e. The second-order valence-corrected chi connectivity index (χ2v) is 9.60. The van der Waals surface area contributed by atoms with Gasteiger partial charge in [-0.1, -0.05) is 71.2 Å². The van der Waals surface area contributed by atoms with Gasteiger partial charge in [0.2, 0.25) is 5.91 Å². The molecule has 35 heavy (non-hydrogen) atoms. The van der Waals surface area contributed by atoms with Crippen molar-refractivity contribution in [3.05, 3.63) is 98.5 Å². The monoisotopic (exact) mass is 528 g/mol. The summed E-state index contributed by atoms with van der Waals surface area (Å²) >= 11 is 18.7. The Morgan fingerprint density at radius 2 is 1.60 bits per heavy atom. The minimum Gasteiger partial charge on any atom is -0.360 e. The molecular weight excluding hydrogens is 507 g/mol. The van der Waals surface area contributed by atoms with Crippen LogP contribution in [0.3, 0.4) is 0 Å². The van der Waals surface area contributed by atoms with Gasteiger partial charge in [0, 0.05) is 53.6 Å². The molecule has 0 radical (unpaired) electrons. The Kier molecular flexibility index (Phi) is 8.11. The lowest BCUT2D eigenvalue weighted by atomic mass is 9.99. The summed E-state index contributed by atoms with van der Waals surface area (Å²) in [6.45, 7) is 1.47. The quantitative estimate of drug-likeness (QED) is 0.258. The molecule has 1 heterocycles. The van der Waals surface area contributed by atoms with E-state index in [9.17, 15) is 14.4 Å². The van der Waals surface area contributed by atoms with Crippen molar-refractivity contribution in [1.82, 2.24) is 4.90 Å². The zero-order valence-electron chi connectivity index (χ0n) is 18.8. The van der Waals surface area contributed by atoms with Crippen LogP contribution in [0, 0.1) is 0 Å².